The Bertz CT molecular complexity index is 559. The Hall–Kier alpha value is -2.40. The predicted octanol–water partition coefficient (Wildman–Crippen LogP) is 2.61. The molecule has 0 aliphatic rings. The lowest BCUT2D eigenvalue weighted by Gasteiger charge is -2.05. The molecule has 2 rings (SSSR count). The first-order valence-corrected chi connectivity index (χ1v) is 6.30. The molecule has 0 radical (unpaired) electrons. The number of carbonyl (C=O) groups is 1. The van der Waals surface area contributed by atoms with Crippen LogP contribution in [0.2, 0.25) is 0 Å². The van der Waals surface area contributed by atoms with Gasteiger partial charge in [-0.15, -0.1) is 0 Å². The van der Waals surface area contributed by atoms with Crippen molar-refractivity contribution in [3.63, 3.8) is 0 Å². The summed E-state index contributed by atoms with van der Waals surface area (Å²) < 4.78 is 11.9. The van der Waals surface area contributed by atoms with Gasteiger partial charge < -0.3 is 9.47 Å². The summed E-state index contributed by atoms with van der Waals surface area (Å²) in [5.41, 5.74) is 0.919. The van der Waals surface area contributed by atoms with Gasteiger partial charge in [-0.25, -0.2) is 4.98 Å². The highest BCUT2D eigenvalue weighted by Crippen LogP contribution is 2.13. The normalized spacial score (nSPS) is 10.8. The summed E-state index contributed by atoms with van der Waals surface area (Å²) in [6.07, 6.45) is 7.89. The highest BCUT2D eigenvalue weighted by Gasteiger charge is 1.98. The summed E-state index contributed by atoms with van der Waals surface area (Å²) in [6, 6.07) is 7.42. The molecule has 0 unspecified atom stereocenters. The zero-order valence-corrected chi connectivity index (χ0v) is 11.2. The molecule has 1 heterocycles. The van der Waals surface area contributed by atoms with Crippen molar-refractivity contribution in [2.24, 2.45) is 0 Å². The first-order valence-electron chi connectivity index (χ1n) is 6.30. The number of nitrogens with zero attached hydrogens (tertiary/aromatic N) is 2. The van der Waals surface area contributed by atoms with E-state index in [0.29, 0.717) is 6.61 Å². The Labute approximate surface area is 117 Å². The Morgan fingerprint density at radius 3 is 2.80 bits per heavy atom. The Morgan fingerprint density at radius 2 is 2.15 bits per heavy atom. The molecular weight excluding hydrogens is 256 g/mol. The SMILES string of the molecule is CCOCOc1ccc(/C=C/C(=O)n2ccnc2)cc1. The maximum atomic E-state index is 11.7. The van der Waals surface area contributed by atoms with Crippen molar-refractivity contribution >= 4 is 12.0 Å². The highest BCUT2D eigenvalue weighted by molar-refractivity contribution is 5.93. The van der Waals surface area contributed by atoms with Crippen LogP contribution in [0.15, 0.2) is 49.1 Å². The molecule has 0 aliphatic heterocycles. The fraction of sp³-hybridized carbons (Fsp3) is 0.200. The second-order valence-electron chi connectivity index (χ2n) is 3.97. The summed E-state index contributed by atoms with van der Waals surface area (Å²) in [4.78, 5) is 15.5. The Morgan fingerprint density at radius 1 is 1.35 bits per heavy atom. The largest absolute Gasteiger partial charge is 0.468 e. The number of imidazole rings is 1. The van der Waals surface area contributed by atoms with E-state index in [1.54, 1.807) is 18.5 Å². The average molecular weight is 272 g/mol. The van der Waals surface area contributed by atoms with Gasteiger partial charge >= 0.3 is 0 Å². The highest BCUT2D eigenvalue weighted by atomic mass is 16.7. The molecule has 0 fully saturated rings. The third kappa shape index (κ3) is 4.07. The molecular formula is C15H16N2O3. The van der Waals surface area contributed by atoms with Crippen molar-refractivity contribution in [1.82, 2.24) is 9.55 Å². The predicted molar refractivity (Wildman–Crippen MR) is 75.5 cm³/mol. The molecule has 0 spiro atoms. The molecule has 1 aromatic carbocycles. The van der Waals surface area contributed by atoms with E-state index < -0.39 is 0 Å². The first-order chi connectivity index (χ1) is 9.79. The molecule has 104 valence electrons. The van der Waals surface area contributed by atoms with Crippen LogP contribution in [-0.4, -0.2) is 28.9 Å². The molecule has 0 amide bonds. The minimum absolute atomic E-state index is 0.140. The Kier molecular flexibility index (Phi) is 5.08. The van der Waals surface area contributed by atoms with Crippen molar-refractivity contribution in [2.75, 3.05) is 13.4 Å². The zero-order valence-electron chi connectivity index (χ0n) is 11.2. The van der Waals surface area contributed by atoms with Crippen LogP contribution in [0.4, 0.5) is 0 Å². The molecule has 1 aromatic heterocycles. The third-order valence-electron chi connectivity index (χ3n) is 2.57. The lowest BCUT2D eigenvalue weighted by atomic mass is 10.2. The van der Waals surface area contributed by atoms with Gasteiger partial charge in [0.15, 0.2) is 6.79 Å². The maximum Gasteiger partial charge on any atom is 0.255 e. The van der Waals surface area contributed by atoms with E-state index in [4.69, 9.17) is 9.47 Å². The van der Waals surface area contributed by atoms with Crippen molar-refractivity contribution < 1.29 is 14.3 Å². The van der Waals surface area contributed by atoms with Gasteiger partial charge in [-0.2, -0.15) is 0 Å². The molecule has 0 saturated heterocycles. The second-order valence-corrected chi connectivity index (χ2v) is 3.97. The summed E-state index contributed by atoms with van der Waals surface area (Å²) in [6.45, 7) is 2.77. The topological polar surface area (TPSA) is 53.4 Å². The van der Waals surface area contributed by atoms with Gasteiger partial charge in [0.25, 0.3) is 5.91 Å². The molecule has 0 atom stereocenters. The minimum Gasteiger partial charge on any atom is -0.468 e. The van der Waals surface area contributed by atoms with Crippen LogP contribution in [0.5, 0.6) is 5.75 Å². The van der Waals surface area contributed by atoms with Gasteiger partial charge in [0.1, 0.15) is 12.1 Å². The van der Waals surface area contributed by atoms with Crippen LogP contribution < -0.4 is 4.74 Å². The number of benzene rings is 1. The van der Waals surface area contributed by atoms with E-state index in [-0.39, 0.29) is 12.7 Å². The van der Waals surface area contributed by atoms with Crippen LogP contribution in [0.1, 0.15) is 17.3 Å². The van der Waals surface area contributed by atoms with Crippen LogP contribution >= 0.6 is 0 Å². The molecule has 20 heavy (non-hydrogen) atoms. The molecule has 5 heteroatoms. The van der Waals surface area contributed by atoms with Gasteiger partial charge in [0, 0.05) is 25.1 Å². The maximum absolute atomic E-state index is 11.7. The number of carbonyl (C=O) groups excluding carboxylic acids is 1. The van der Waals surface area contributed by atoms with Crippen LogP contribution in [-0.2, 0) is 4.74 Å². The fourth-order valence-corrected chi connectivity index (χ4v) is 1.51. The third-order valence-corrected chi connectivity index (χ3v) is 2.57. The van der Waals surface area contributed by atoms with Crippen molar-refractivity contribution in [3.8, 4) is 5.75 Å². The zero-order chi connectivity index (χ0) is 14.2. The van der Waals surface area contributed by atoms with E-state index in [9.17, 15) is 4.79 Å². The molecule has 0 aliphatic carbocycles. The van der Waals surface area contributed by atoms with E-state index >= 15 is 0 Å². The minimum atomic E-state index is -0.140. The van der Waals surface area contributed by atoms with Gasteiger partial charge in [0.2, 0.25) is 0 Å². The Balaban J connectivity index is 1.91. The number of rotatable bonds is 6. The van der Waals surface area contributed by atoms with E-state index in [2.05, 4.69) is 4.98 Å². The van der Waals surface area contributed by atoms with Gasteiger partial charge in [0.05, 0.1) is 0 Å². The lowest BCUT2D eigenvalue weighted by molar-refractivity contribution is 0.0224. The molecule has 5 nitrogen and oxygen atoms in total. The monoisotopic (exact) mass is 272 g/mol. The summed E-state index contributed by atoms with van der Waals surface area (Å²) in [7, 11) is 0. The van der Waals surface area contributed by atoms with E-state index in [0.717, 1.165) is 11.3 Å². The van der Waals surface area contributed by atoms with Crippen LogP contribution in [0, 0.1) is 0 Å². The number of hydrogen-bond acceptors (Lipinski definition) is 4. The molecule has 2 aromatic rings. The average Bonchev–Trinajstić information content (AvgIpc) is 3.01. The van der Waals surface area contributed by atoms with Crippen LogP contribution in [0.3, 0.4) is 0 Å². The van der Waals surface area contributed by atoms with Crippen molar-refractivity contribution in [1.29, 1.82) is 0 Å². The molecule has 0 saturated carbocycles. The second kappa shape index (κ2) is 7.25. The molecule has 0 bridgehead atoms. The summed E-state index contributed by atoms with van der Waals surface area (Å²) in [5, 5.41) is 0. The quantitative estimate of drug-likeness (QED) is 0.461. The summed E-state index contributed by atoms with van der Waals surface area (Å²) in [5.74, 6) is 0.593. The number of allylic oxidation sites excluding steroid dienone is 1. The number of hydrogen-bond donors (Lipinski definition) is 0. The standard InChI is InChI=1S/C15H16N2O3/c1-2-19-12-20-14-6-3-13(4-7-14)5-8-15(18)17-10-9-16-11-17/h3-11H,2,12H2,1H3/b8-5+. The number of ether oxygens (including phenoxy) is 2. The summed E-state index contributed by atoms with van der Waals surface area (Å²) >= 11 is 0. The smallest absolute Gasteiger partial charge is 0.255 e. The van der Waals surface area contributed by atoms with Crippen molar-refractivity contribution in [3.05, 3.63) is 54.6 Å². The lowest BCUT2D eigenvalue weighted by Crippen LogP contribution is -2.03. The van der Waals surface area contributed by atoms with Gasteiger partial charge in [-0.1, -0.05) is 12.1 Å². The van der Waals surface area contributed by atoms with Crippen LogP contribution in [0.25, 0.3) is 6.08 Å². The fourth-order valence-electron chi connectivity index (χ4n) is 1.51. The van der Waals surface area contributed by atoms with Gasteiger partial charge in [-0.3, -0.25) is 9.36 Å². The first kappa shape index (κ1) is 14.0. The number of aromatic nitrogens is 2. The molecule has 0 N–H and O–H groups in total. The van der Waals surface area contributed by atoms with Gasteiger partial charge in [-0.05, 0) is 30.7 Å². The van der Waals surface area contributed by atoms with E-state index in [1.807, 2.05) is 31.2 Å². The van der Waals surface area contributed by atoms with E-state index in [1.165, 1.54) is 17.0 Å². The van der Waals surface area contributed by atoms with Crippen molar-refractivity contribution in [2.45, 2.75) is 6.92 Å².